The molecule has 0 unspecified atom stereocenters. The first-order chi connectivity index (χ1) is 6.83. The fourth-order valence-corrected chi connectivity index (χ4v) is 1.39. The van der Waals surface area contributed by atoms with Crippen molar-refractivity contribution in [3.63, 3.8) is 0 Å². The molecule has 1 aromatic rings. The Morgan fingerprint density at radius 1 is 1.33 bits per heavy atom. The molecule has 2 N–H and O–H groups in total. The van der Waals surface area contributed by atoms with Crippen molar-refractivity contribution in [3.05, 3.63) is 35.9 Å². The molecule has 1 aromatic carbocycles. The predicted molar refractivity (Wildman–Crippen MR) is 71.0 cm³/mol. The molecule has 1 aliphatic rings. The Morgan fingerprint density at radius 2 is 2.00 bits per heavy atom. The van der Waals surface area contributed by atoms with Crippen molar-refractivity contribution in [2.24, 2.45) is 15.9 Å². The first kappa shape index (κ1) is 14.0. The third kappa shape index (κ3) is 6.14. The molecule has 0 saturated heterocycles. The van der Waals surface area contributed by atoms with Crippen LogP contribution in [0.25, 0.3) is 0 Å². The predicted octanol–water partition coefficient (Wildman–Crippen LogP) is 2.45. The number of halogens is 1. The molecule has 2 rings (SSSR count). The number of aliphatic imine (C=N–C) groups is 1. The minimum atomic E-state index is 0. The number of aryl methyl sites for hydroxylation is 1. The Morgan fingerprint density at radius 3 is 2.27 bits per heavy atom. The number of hydrogen-bond acceptors (Lipinski definition) is 3. The lowest BCUT2D eigenvalue weighted by Gasteiger charge is -1.82. The number of rotatable bonds is 0. The van der Waals surface area contributed by atoms with E-state index in [9.17, 15) is 0 Å². The van der Waals surface area contributed by atoms with E-state index >= 15 is 0 Å². The standard InChI is InChI=1S/C7H8.C3H5N3S.ClH/c1-7-5-3-2-4-6-7;4-6-3-5-1-2-7-3;/h2-6H,1H3;1H,2,4H2;1H. The van der Waals surface area contributed by atoms with E-state index in [1.165, 1.54) is 5.56 Å². The molecule has 0 saturated carbocycles. The normalized spacial score (nSPS) is 15.4. The van der Waals surface area contributed by atoms with Crippen LogP contribution in [0.15, 0.2) is 40.4 Å². The number of hydrogen-bond donors (Lipinski definition) is 1. The molecular weight excluding hydrogens is 230 g/mol. The van der Waals surface area contributed by atoms with E-state index in [0.717, 1.165) is 5.75 Å². The third-order valence-corrected chi connectivity index (χ3v) is 2.32. The van der Waals surface area contributed by atoms with Crippen LogP contribution in [0.5, 0.6) is 0 Å². The van der Waals surface area contributed by atoms with Crippen molar-refractivity contribution in [1.29, 1.82) is 0 Å². The average Bonchev–Trinajstić information content (AvgIpc) is 2.72. The number of nitrogens with zero attached hydrogens (tertiary/aromatic N) is 2. The fraction of sp³-hybridized carbons (Fsp3) is 0.200. The SMILES string of the molecule is Cc1ccccc1.Cl.NN=C1N=CCS1. The topological polar surface area (TPSA) is 50.7 Å². The summed E-state index contributed by atoms with van der Waals surface area (Å²) in [6, 6.07) is 10.3. The van der Waals surface area contributed by atoms with Crippen LogP contribution in [0, 0.1) is 6.92 Å². The van der Waals surface area contributed by atoms with Crippen LogP contribution < -0.4 is 5.84 Å². The van der Waals surface area contributed by atoms with Crippen molar-refractivity contribution < 1.29 is 0 Å². The number of amidine groups is 1. The summed E-state index contributed by atoms with van der Waals surface area (Å²) in [5.41, 5.74) is 1.32. The maximum atomic E-state index is 4.89. The van der Waals surface area contributed by atoms with Gasteiger partial charge >= 0.3 is 0 Å². The van der Waals surface area contributed by atoms with Crippen LogP contribution >= 0.6 is 24.2 Å². The Hall–Kier alpha value is -1.00. The van der Waals surface area contributed by atoms with Gasteiger partial charge in [0.25, 0.3) is 0 Å². The van der Waals surface area contributed by atoms with Crippen LogP contribution in [0.4, 0.5) is 0 Å². The molecule has 0 amide bonds. The number of benzene rings is 1. The zero-order valence-corrected chi connectivity index (χ0v) is 10.1. The van der Waals surface area contributed by atoms with Gasteiger partial charge in [0.05, 0.1) is 0 Å². The number of hydrazone groups is 1. The van der Waals surface area contributed by atoms with E-state index < -0.39 is 0 Å². The highest BCUT2D eigenvalue weighted by Gasteiger charge is 1.99. The lowest BCUT2D eigenvalue weighted by molar-refractivity contribution is 1.25. The van der Waals surface area contributed by atoms with Gasteiger partial charge in [0.15, 0.2) is 0 Å². The van der Waals surface area contributed by atoms with E-state index in [1.54, 1.807) is 18.0 Å². The molecule has 0 atom stereocenters. The Kier molecular flexibility index (Phi) is 7.77. The van der Waals surface area contributed by atoms with E-state index in [1.807, 2.05) is 18.2 Å². The van der Waals surface area contributed by atoms with Gasteiger partial charge in [-0.15, -0.1) is 12.4 Å². The molecule has 0 aliphatic carbocycles. The van der Waals surface area contributed by atoms with Gasteiger partial charge < -0.3 is 5.84 Å². The summed E-state index contributed by atoms with van der Waals surface area (Å²) in [6.07, 6.45) is 1.79. The second kappa shape index (κ2) is 8.32. The second-order valence-electron chi connectivity index (χ2n) is 2.69. The number of nitrogens with two attached hydrogens (primary N) is 1. The smallest absolute Gasteiger partial charge is 0.206 e. The Labute approximate surface area is 100 Å². The van der Waals surface area contributed by atoms with Gasteiger partial charge in [-0.2, -0.15) is 5.10 Å². The van der Waals surface area contributed by atoms with Gasteiger partial charge in [0.2, 0.25) is 5.17 Å². The Bertz CT molecular complexity index is 322. The number of thioether (sulfide) groups is 1. The van der Waals surface area contributed by atoms with Crippen molar-refractivity contribution in [1.82, 2.24) is 0 Å². The molecule has 1 heterocycles. The summed E-state index contributed by atoms with van der Waals surface area (Å²) in [5, 5.41) is 4.05. The van der Waals surface area contributed by atoms with Crippen LogP contribution in [-0.2, 0) is 0 Å². The van der Waals surface area contributed by atoms with Crippen LogP contribution in [-0.4, -0.2) is 17.1 Å². The van der Waals surface area contributed by atoms with Gasteiger partial charge in [0, 0.05) is 12.0 Å². The van der Waals surface area contributed by atoms with Crippen LogP contribution in [0.3, 0.4) is 0 Å². The van der Waals surface area contributed by atoms with Gasteiger partial charge in [-0.3, -0.25) is 0 Å². The molecule has 0 fully saturated rings. The molecule has 0 aromatic heterocycles. The first-order valence-electron chi connectivity index (χ1n) is 4.28. The van der Waals surface area contributed by atoms with E-state index in [2.05, 4.69) is 29.2 Å². The minimum Gasteiger partial charge on any atom is -0.321 e. The average molecular weight is 244 g/mol. The molecule has 5 heteroatoms. The van der Waals surface area contributed by atoms with Crippen molar-refractivity contribution >= 4 is 35.6 Å². The quantitative estimate of drug-likeness (QED) is 0.562. The monoisotopic (exact) mass is 243 g/mol. The molecule has 1 aliphatic heterocycles. The lowest BCUT2D eigenvalue weighted by atomic mass is 10.2. The maximum Gasteiger partial charge on any atom is 0.206 e. The highest BCUT2D eigenvalue weighted by molar-refractivity contribution is 8.14. The molecule has 15 heavy (non-hydrogen) atoms. The zero-order chi connectivity index (χ0) is 10.2. The largest absolute Gasteiger partial charge is 0.321 e. The van der Waals surface area contributed by atoms with Gasteiger partial charge in [-0.05, 0) is 6.92 Å². The maximum absolute atomic E-state index is 4.89. The summed E-state index contributed by atoms with van der Waals surface area (Å²) in [6.45, 7) is 2.08. The van der Waals surface area contributed by atoms with Gasteiger partial charge in [0.1, 0.15) is 0 Å². The van der Waals surface area contributed by atoms with E-state index in [-0.39, 0.29) is 12.4 Å². The third-order valence-electron chi connectivity index (χ3n) is 1.54. The van der Waals surface area contributed by atoms with Gasteiger partial charge in [-0.25, -0.2) is 4.99 Å². The highest BCUT2D eigenvalue weighted by Crippen LogP contribution is 2.07. The van der Waals surface area contributed by atoms with E-state index in [4.69, 9.17) is 5.84 Å². The molecule has 0 spiro atoms. The van der Waals surface area contributed by atoms with Gasteiger partial charge in [-0.1, -0.05) is 47.7 Å². The summed E-state index contributed by atoms with van der Waals surface area (Å²) < 4.78 is 0. The molecule has 0 radical (unpaired) electrons. The highest BCUT2D eigenvalue weighted by atomic mass is 35.5. The summed E-state index contributed by atoms with van der Waals surface area (Å²) >= 11 is 1.55. The first-order valence-corrected chi connectivity index (χ1v) is 5.26. The second-order valence-corrected chi connectivity index (χ2v) is 3.68. The lowest BCUT2D eigenvalue weighted by Crippen LogP contribution is -1.87. The zero-order valence-electron chi connectivity index (χ0n) is 8.46. The van der Waals surface area contributed by atoms with Crippen LogP contribution in [0.2, 0.25) is 0 Å². The Balaban J connectivity index is 0.000000245. The summed E-state index contributed by atoms with van der Waals surface area (Å²) in [4.78, 5) is 3.82. The minimum absolute atomic E-state index is 0. The molecule has 0 bridgehead atoms. The molecule has 3 nitrogen and oxygen atoms in total. The molecule has 82 valence electrons. The summed E-state index contributed by atoms with van der Waals surface area (Å²) in [7, 11) is 0. The van der Waals surface area contributed by atoms with Crippen molar-refractivity contribution in [2.45, 2.75) is 6.92 Å². The van der Waals surface area contributed by atoms with Crippen molar-refractivity contribution in [3.8, 4) is 0 Å². The van der Waals surface area contributed by atoms with E-state index in [0.29, 0.717) is 5.17 Å². The fourth-order valence-electron chi connectivity index (χ4n) is 0.869. The summed E-state index contributed by atoms with van der Waals surface area (Å²) in [5.74, 6) is 5.80. The molecular formula is C10H14ClN3S. The van der Waals surface area contributed by atoms with Crippen LogP contribution in [0.1, 0.15) is 5.56 Å². The van der Waals surface area contributed by atoms with Crippen molar-refractivity contribution in [2.75, 3.05) is 5.75 Å².